The van der Waals surface area contributed by atoms with E-state index in [4.69, 9.17) is 9.53 Å². The van der Waals surface area contributed by atoms with Gasteiger partial charge in [0.05, 0.1) is 6.61 Å². The molecule has 0 aromatic rings. The first-order valence-corrected chi connectivity index (χ1v) is 8.98. The molecule has 0 spiro atoms. The van der Waals surface area contributed by atoms with Crippen LogP contribution in [-0.2, 0) is 4.43 Å². The van der Waals surface area contributed by atoms with Crippen molar-refractivity contribution >= 4 is 8.32 Å². The first-order chi connectivity index (χ1) is 7.12. The Labute approximate surface area is 102 Å². The second-order valence-corrected chi connectivity index (χ2v) is 10.8. The molecule has 0 heterocycles. The summed E-state index contributed by atoms with van der Waals surface area (Å²) in [4.78, 5) is 0. The number of rotatable bonds is 5. The quantitative estimate of drug-likeness (QED) is 0.591. The zero-order valence-electron chi connectivity index (χ0n) is 11.9. The average Bonchev–Trinajstić information content (AvgIpc) is 2.11. The normalized spacial score (nSPS) is 17.8. The minimum Gasteiger partial charge on any atom is -0.414 e. The van der Waals surface area contributed by atoms with Gasteiger partial charge in [0.2, 0.25) is 0 Å². The molecule has 0 rings (SSSR count). The third-order valence-electron chi connectivity index (χ3n) is 3.57. The van der Waals surface area contributed by atoms with Crippen LogP contribution in [0.15, 0.2) is 12.2 Å². The Morgan fingerprint density at radius 1 is 1.25 bits per heavy atom. The molecule has 0 aliphatic carbocycles. The van der Waals surface area contributed by atoms with Crippen LogP contribution in [0.2, 0.25) is 18.1 Å². The zero-order valence-corrected chi connectivity index (χ0v) is 12.9. The predicted molar refractivity (Wildman–Crippen MR) is 73.1 cm³/mol. The van der Waals surface area contributed by atoms with Gasteiger partial charge in [-0.2, -0.15) is 0 Å². The van der Waals surface area contributed by atoms with E-state index in [0.717, 1.165) is 0 Å². The van der Waals surface area contributed by atoms with Gasteiger partial charge in [0.1, 0.15) is 0 Å². The minimum atomic E-state index is -1.67. The third-order valence-corrected chi connectivity index (χ3v) is 8.15. The van der Waals surface area contributed by atoms with Crippen LogP contribution >= 0.6 is 0 Å². The van der Waals surface area contributed by atoms with Gasteiger partial charge in [-0.3, -0.25) is 0 Å². The van der Waals surface area contributed by atoms with Crippen LogP contribution in [0.4, 0.5) is 0 Å². The van der Waals surface area contributed by atoms with Crippen molar-refractivity contribution in [2.24, 2.45) is 5.92 Å². The summed E-state index contributed by atoms with van der Waals surface area (Å²) in [5.41, 5.74) is 0. The van der Waals surface area contributed by atoms with Crippen molar-refractivity contribution in [3.05, 3.63) is 12.2 Å². The molecule has 0 amide bonds. The highest BCUT2D eigenvalue weighted by Crippen LogP contribution is 2.38. The molecule has 0 radical (unpaired) electrons. The number of hydrogen-bond acceptors (Lipinski definition) is 2. The van der Waals surface area contributed by atoms with Gasteiger partial charge in [-0.25, -0.2) is 0 Å². The molecule has 0 unspecified atom stereocenters. The van der Waals surface area contributed by atoms with E-state index in [2.05, 4.69) is 47.7 Å². The van der Waals surface area contributed by atoms with E-state index in [9.17, 15) is 0 Å². The van der Waals surface area contributed by atoms with Crippen LogP contribution in [0.5, 0.6) is 0 Å². The number of aliphatic hydroxyl groups excluding tert-OH is 1. The summed E-state index contributed by atoms with van der Waals surface area (Å²) in [7, 11) is -1.67. The maximum Gasteiger partial charge on any atom is 0.192 e. The number of hydrogen-bond donors (Lipinski definition) is 1. The van der Waals surface area contributed by atoms with E-state index in [1.165, 1.54) is 0 Å². The largest absolute Gasteiger partial charge is 0.414 e. The van der Waals surface area contributed by atoms with Crippen molar-refractivity contribution < 1.29 is 9.53 Å². The van der Waals surface area contributed by atoms with Crippen LogP contribution in [0.3, 0.4) is 0 Å². The third kappa shape index (κ3) is 4.81. The SMILES string of the molecule is C[C@H](/C=C/CO)[C@H](C)O[Si](C)(C)C(C)(C)C. The first-order valence-electron chi connectivity index (χ1n) is 6.07. The maximum absolute atomic E-state index is 8.74. The molecule has 2 nitrogen and oxygen atoms in total. The molecule has 0 fully saturated rings. The monoisotopic (exact) mass is 244 g/mol. The topological polar surface area (TPSA) is 29.5 Å². The van der Waals surface area contributed by atoms with Gasteiger partial charge in [0, 0.05) is 6.10 Å². The van der Waals surface area contributed by atoms with Crippen molar-refractivity contribution in [1.82, 2.24) is 0 Å². The highest BCUT2D eigenvalue weighted by molar-refractivity contribution is 6.74. The molecular formula is C13H28O2Si. The average molecular weight is 244 g/mol. The fourth-order valence-corrected chi connectivity index (χ4v) is 2.68. The van der Waals surface area contributed by atoms with Gasteiger partial charge < -0.3 is 9.53 Å². The Morgan fingerprint density at radius 2 is 1.75 bits per heavy atom. The lowest BCUT2D eigenvalue weighted by Crippen LogP contribution is -2.44. The lowest BCUT2D eigenvalue weighted by molar-refractivity contribution is 0.163. The summed E-state index contributed by atoms with van der Waals surface area (Å²) in [6.45, 7) is 15.6. The number of aliphatic hydroxyl groups is 1. The van der Waals surface area contributed by atoms with Gasteiger partial charge in [-0.15, -0.1) is 0 Å². The van der Waals surface area contributed by atoms with Crippen LogP contribution in [0.25, 0.3) is 0 Å². The van der Waals surface area contributed by atoms with Gasteiger partial charge in [-0.05, 0) is 31.0 Å². The Kier molecular flexibility index (Phi) is 5.94. The van der Waals surface area contributed by atoms with Gasteiger partial charge in [-0.1, -0.05) is 39.8 Å². The van der Waals surface area contributed by atoms with Crippen LogP contribution in [0, 0.1) is 5.92 Å². The van der Waals surface area contributed by atoms with E-state index in [-0.39, 0.29) is 17.7 Å². The molecule has 16 heavy (non-hydrogen) atoms. The fourth-order valence-electron chi connectivity index (χ4n) is 1.18. The second kappa shape index (κ2) is 5.99. The molecule has 0 aromatic heterocycles. The molecule has 3 heteroatoms. The van der Waals surface area contributed by atoms with Gasteiger partial charge >= 0.3 is 0 Å². The van der Waals surface area contributed by atoms with Crippen molar-refractivity contribution in [3.63, 3.8) is 0 Å². The summed E-state index contributed by atoms with van der Waals surface area (Å²) in [5.74, 6) is 0.348. The molecule has 0 saturated carbocycles. The fraction of sp³-hybridized carbons (Fsp3) is 0.846. The molecule has 2 atom stereocenters. The summed E-state index contributed by atoms with van der Waals surface area (Å²) >= 11 is 0. The Bertz CT molecular complexity index is 229. The zero-order chi connectivity index (χ0) is 13.0. The van der Waals surface area contributed by atoms with E-state index in [0.29, 0.717) is 5.92 Å². The second-order valence-electron chi connectivity index (χ2n) is 6.05. The van der Waals surface area contributed by atoms with E-state index < -0.39 is 8.32 Å². The highest BCUT2D eigenvalue weighted by atomic mass is 28.4. The summed E-state index contributed by atoms with van der Waals surface area (Å²) in [5, 5.41) is 8.99. The maximum atomic E-state index is 8.74. The first kappa shape index (κ1) is 15.9. The summed E-state index contributed by atoms with van der Waals surface area (Å²) in [6.07, 6.45) is 4.03. The minimum absolute atomic E-state index is 0.108. The molecule has 0 aliphatic rings. The van der Waals surface area contributed by atoms with Crippen molar-refractivity contribution in [3.8, 4) is 0 Å². The van der Waals surface area contributed by atoms with E-state index in [1.54, 1.807) is 6.08 Å². The molecule has 0 aromatic carbocycles. The molecule has 0 saturated heterocycles. The summed E-state index contributed by atoms with van der Waals surface area (Å²) < 4.78 is 6.27. The van der Waals surface area contributed by atoms with Crippen LogP contribution in [0.1, 0.15) is 34.6 Å². The van der Waals surface area contributed by atoms with Gasteiger partial charge in [0.15, 0.2) is 8.32 Å². The van der Waals surface area contributed by atoms with Crippen molar-refractivity contribution in [2.45, 2.75) is 58.9 Å². The molecule has 0 aliphatic heterocycles. The lowest BCUT2D eigenvalue weighted by atomic mass is 10.1. The predicted octanol–water partition coefficient (Wildman–Crippen LogP) is 3.58. The molecule has 96 valence electrons. The lowest BCUT2D eigenvalue weighted by Gasteiger charge is -2.39. The van der Waals surface area contributed by atoms with Crippen molar-refractivity contribution in [1.29, 1.82) is 0 Å². The van der Waals surface area contributed by atoms with E-state index in [1.807, 2.05) is 6.08 Å². The van der Waals surface area contributed by atoms with Crippen molar-refractivity contribution in [2.75, 3.05) is 6.61 Å². The molecular weight excluding hydrogens is 216 g/mol. The Balaban J connectivity index is 4.44. The smallest absolute Gasteiger partial charge is 0.192 e. The van der Waals surface area contributed by atoms with Gasteiger partial charge in [0.25, 0.3) is 0 Å². The standard InChI is InChI=1S/C13H28O2Si/c1-11(9-8-10-14)12(2)15-16(6,7)13(3,4)5/h8-9,11-12,14H,10H2,1-7H3/b9-8+/t11-,12+/m1/s1. The molecule has 0 bridgehead atoms. The Hall–Kier alpha value is -0.123. The highest BCUT2D eigenvalue weighted by Gasteiger charge is 2.38. The van der Waals surface area contributed by atoms with Crippen LogP contribution < -0.4 is 0 Å². The van der Waals surface area contributed by atoms with Crippen LogP contribution in [-0.4, -0.2) is 26.1 Å². The van der Waals surface area contributed by atoms with E-state index >= 15 is 0 Å². The Morgan fingerprint density at radius 3 is 2.12 bits per heavy atom. The summed E-state index contributed by atoms with van der Waals surface area (Å²) in [6, 6.07) is 0. The molecule has 1 N–H and O–H groups in total.